The van der Waals surface area contributed by atoms with Crippen LogP contribution in [0.3, 0.4) is 0 Å². The van der Waals surface area contributed by atoms with E-state index in [0.29, 0.717) is 17.5 Å². The molecule has 1 atom stereocenters. The number of hydrazone groups is 1. The highest BCUT2D eigenvalue weighted by Gasteiger charge is 2.30. The van der Waals surface area contributed by atoms with Gasteiger partial charge in [-0.25, -0.2) is 10.2 Å². The van der Waals surface area contributed by atoms with Crippen molar-refractivity contribution in [2.75, 3.05) is 5.32 Å². The molecule has 142 valence electrons. The Hall–Kier alpha value is -3.54. The molecule has 9 nitrogen and oxygen atoms in total. The van der Waals surface area contributed by atoms with E-state index in [4.69, 9.17) is 5.73 Å². The summed E-state index contributed by atoms with van der Waals surface area (Å²) in [7, 11) is 0. The van der Waals surface area contributed by atoms with Crippen LogP contribution < -0.4 is 16.5 Å². The van der Waals surface area contributed by atoms with Gasteiger partial charge in [-0.2, -0.15) is 10.4 Å². The van der Waals surface area contributed by atoms with Gasteiger partial charge in [0.1, 0.15) is 12.0 Å². The first-order valence-corrected chi connectivity index (χ1v) is 8.01. The van der Waals surface area contributed by atoms with E-state index in [0.717, 1.165) is 0 Å². The second-order valence-electron chi connectivity index (χ2n) is 6.55. The molecule has 0 saturated carbocycles. The number of carbonyl (C=O) groups excluding carboxylic acids is 4. The first-order valence-electron chi connectivity index (χ1n) is 8.01. The molecule has 0 aliphatic heterocycles. The van der Waals surface area contributed by atoms with Gasteiger partial charge >= 0.3 is 6.03 Å². The molecule has 4 N–H and O–H groups in total. The number of nitrogens with zero attached hydrogens (tertiary/aromatic N) is 2. The number of primary amides is 1. The van der Waals surface area contributed by atoms with Gasteiger partial charge < -0.3 is 15.8 Å². The van der Waals surface area contributed by atoms with Crippen molar-refractivity contribution in [1.82, 2.24) is 5.43 Å². The third-order valence-electron chi connectivity index (χ3n) is 3.60. The minimum absolute atomic E-state index is 0.0168. The molecule has 0 spiro atoms. The Morgan fingerprint density at radius 2 is 1.89 bits per heavy atom. The number of amides is 3. The first-order chi connectivity index (χ1) is 12.6. The maximum atomic E-state index is 12.6. The number of nitrogens with one attached hydrogen (secondary N) is 2. The molecule has 9 heteroatoms. The Balaban J connectivity index is 3.11. The lowest BCUT2D eigenvalue weighted by Gasteiger charge is -2.21. The standard InChI is InChI=1S/C18H21N5O4/c1-11(25)12-4-6-14(7-5-12)21-16(26)15(22-23-17(20)27)13(9-19)8-18(2,3)10-24/h4-7,10,13H,8H2,1-3H3,(H,21,26)(H3,20,23,27)/b22-15-/t13-/m0/s1. The minimum Gasteiger partial charge on any atom is -0.350 e. The number of ketones is 1. The molecule has 0 aromatic heterocycles. The van der Waals surface area contributed by atoms with Gasteiger partial charge in [-0.05, 0) is 37.6 Å². The molecule has 27 heavy (non-hydrogen) atoms. The van der Waals surface area contributed by atoms with Crippen molar-refractivity contribution < 1.29 is 19.2 Å². The Morgan fingerprint density at radius 1 is 1.30 bits per heavy atom. The number of aldehydes is 1. The maximum absolute atomic E-state index is 12.6. The molecule has 0 fully saturated rings. The highest BCUT2D eigenvalue weighted by atomic mass is 16.2. The Morgan fingerprint density at radius 3 is 2.33 bits per heavy atom. The smallest absolute Gasteiger partial charge is 0.332 e. The average molecular weight is 371 g/mol. The van der Waals surface area contributed by atoms with E-state index in [1.165, 1.54) is 31.2 Å². The molecule has 0 aliphatic rings. The quantitative estimate of drug-likeness (QED) is 0.274. The van der Waals surface area contributed by atoms with Gasteiger partial charge in [0.25, 0.3) is 5.91 Å². The number of nitriles is 1. The van der Waals surface area contributed by atoms with Gasteiger partial charge in [0.2, 0.25) is 0 Å². The number of urea groups is 1. The Bertz CT molecular complexity index is 806. The lowest BCUT2D eigenvalue weighted by molar-refractivity contribution is -0.115. The summed E-state index contributed by atoms with van der Waals surface area (Å²) in [5.41, 5.74) is 6.58. The third-order valence-corrected chi connectivity index (χ3v) is 3.60. The number of Topliss-reactive ketones (excluding diaryl/α,β-unsaturated/α-hetero) is 1. The van der Waals surface area contributed by atoms with Crippen molar-refractivity contribution in [2.24, 2.45) is 22.2 Å². The van der Waals surface area contributed by atoms with E-state index in [2.05, 4.69) is 10.4 Å². The fourth-order valence-corrected chi connectivity index (χ4v) is 2.16. The number of nitrogens with two attached hydrogens (primary N) is 1. The summed E-state index contributed by atoms with van der Waals surface area (Å²) in [6, 6.07) is 7.02. The van der Waals surface area contributed by atoms with Crippen LogP contribution in [0.5, 0.6) is 0 Å². The van der Waals surface area contributed by atoms with E-state index >= 15 is 0 Å². The van der Waals surface area contributed by atoms with Gasteiger partial charge in [0.15, 0.2) is 5.78 Å². The average Bonchev–Trinajstić information content (AvgIpc) is 2.60. The van der Waals surface area contributed by atoms with Gasteiger partial charge in [-0.15, -0.1) is 0 Å². The van der Waals surface area contributed by atoms with E-state index in [-0.39, 0.29) is 17.9 Å². The summed E-state index contributed by atoms with van der Waals surface area (Å²) < 4.78 is 0. The second kappa shape index (κ2) is 9.24. The zero-order valence-electron chi connectivity index (χ0n) is 15.3. The minimum atomic E-state index is -1.06. The summed E-state index contributed by atoms with van der Waals surface area (Å²) in [5.74, 6) is -1.93. The SMILES string of the molecule is CC(=O)c1ccc(NC(=O)/C(=N\NC(N)=O)[C@H](C#N)CC(C)(C)C=O)cc1. The zero-order chi connectivity index (χ0) is 20.6. The van der Waals surface area contributed by atoms with Crippen LogP contribution in [0, 0.1) is 22.7 Å². The zero-order valence-corrected chi connectivity index (χ0v) is 15.3. The number of rotatable bonds is 8. The van der Waals surface area contributed by atoms with Crippen molar-refractivity contribution in [1.29, 1.82) is 5.26 Å². The summed E-state index contributed by atoms with van der Waals surface area (Å²) in [4.78, 5) is 46.0. The van der Waals surface area contributed by atoms with E-state index in [1.54, 1.807) is 13.8 Å². The van der Waals surface area contributed by atoms with Crippen LogP contribution >= 0.6 is 0 Å². The van der Waals surface area contributed by atoms with Crippen molar-refractivity contribution >= 4 is 35.4 Å². The molecular weight excluding hydrogens is 350 g/mol. The van der Waals surface area contributed by atoms with Gasteiger partial charge in [-0.1, -0.05) is 13.8 Å². The van der Waals surface area contributed by atoms with Gasteiger partial charge in [0.05, 0.1) is 12.0 Å². The largest absolute Gasteiger partial charge is 0.350 e. The highest BCUT2D eigenvalue weighted by molar-refractivity contribution is 6.44. The number of hydrogen-bond acceptors (Lipinski definition) is 6. The van der Waals surface area contributed by atoms with Crippen LogP contribution in [0.2, 0.25) is 0 Å². The van der Waals surface area contributed by atoms with Gasteiger partial charge in [0, 0.05) is 16.7 Å². The van der Waals surface area contributed by atoms with Crippen LogP contribution in [0.25, 0.3) is 0 Å². The van der Waals surface area contributed by atoms with Crippen molar-refractivity contribution in [3.05, 3.63) is 29.8 Å². The Kier molecular flexibility index (Phi) is 7.36. The van der Waals surface area contributed by atoms with E-state index in [9.17, 15) is 24.4 Å². The normalized spacial score (nSPS) is 12.4. The molecule has 1 rings (SSSR count). The van der Waals surface area contributed by atoms with Crippen LogP contribution in [-0.2, 0) is 9.59 Å². The molecule has 0 radical (unpaired) electrons. The monoisotopic (exact) mass is 371 g/mol. The van der Waals surface area contributed by atoms with Crippen LogP contribution in [0.15, 0.2) is 29.4 Å². The highest BCUT2D eigenvalue weighted by Crippen LogP contribution is 2.24. The molecule has 0 heterocycles. The summed E-state index contributed by atoms with van der Waals surface area (Å²) in [6.07, 6.45) is 0.692. The Labute approximate surface area is 156 Å². The molecule has 0 aliphatic carbocycles. The summed E-state index contributed by atoms with van der Waals surface area (Å²) in [5, 5.41) is 15.6. The predicted molar refractivity (Wildman–Crippen MR) is 98.8 cm³/mol. The second-order valence-corrected chi connectivity index (χ2v) is 6.55. The lowest BCUT2D eigenvalue weighted by atomic mass is 9.82. The molecule has 1 aromatic carbocycles. The van der Waals surface area contributed by atoms with Crippen LogP contribution in [0.4, 0.5) is 10.5 Å². The topological polar surface area (TPSA) is 155 Å². The van der Waals surface area contributed by atoms with Crippen molar-refractivity contribution in [3.63, 3.8) is 0 Å². The third kappa shape index (κ3) is 6.70. The summed E-state index contributed by atoms with van der Waals surface area (Å²) >= 11 is 0. The first kappa shape index (κ1) is 21.5. The lowest BCUT2D eigenvalue weighted by Crippen LogP contribution is -2.36. The van der Waals surface area contributed by atoms with Crippen molar-refractivity contribution in [2.45, 2.75) is 27.2 Å². The number of benzene rings is 1. The molecule has 0 saturated heterocycles. The van der Waals surface area contributed by atoms with E-state index in [1.807, 2.05) is 11.5 Å². The van der Waals surface area contributed by atoms with E-state index < -0.39 is 23.3 Å². The number of anilines is 1. The molecular formula is C18H21N5O4. The number of hydrogen-bond donors (Lipinski definition) is 3. The molecule has 1 aromatic rings. The predicted octanol–water partition coefficient (Wildman–Crippen LogP) is 1.61. The summed E-state index contributed by atoms with van der Waals surface area (Å²) in [6.45, 7) is 4.64. The number of carbonyl (C=O) groups is 4. The fourth-order valence-electron chi connectivity index (χ4n) is 2.16. The fraction of sp³-hybridized carbons (Fsp3) is 0.333. The van der Waals surface area contributed by atoms with Gasteiger partial charge in [-0.3, -0.25) is 9.59 Å². The maximum Gasteiger partial charge on any atom is 0.332 e. The molecule has 0 unspecified atom stereocenters. The van der Waals surface area contributed by atoms with Crippen LogP contribution in [0.1, 0.15) is 37.6 Å². The van der Waals surface area contributed by atoms with Crippen molar-refractivity contribution in [3.8, 4) is 6.07 Å². The molecule has 3 amide bonds. The van der Waals surface area contributed by atoms with Crippen LogP contribution in [-0.4, -0.2) is 29.7 Å². The molecule has 0 bridgehead atoms.